The third kappa shape index (κ3) is 4.31. The van der Waals surface area contributed by atoms with E-state index in [0.29, 0.717) is 11.1 Å². The molecule has 3 amide bonds. The molecule has 0 saturated heterocycles. The summed E-state index contributed by atoms with van der Waals surface area (Å²) in [5.74, 6) is -0.886. The number of urea groups is 1. The first kappa shape index (κ1) is 15.5. The Morgan fingerprint density at radius 2 is 1.73 bits per heavy atom. The van der Waals surface area contributed by atoms with Gasteiger partial charge in [-0.1, -0.05) is 30.3 Å². The Balaban J connectivity index is 1.84. The Kier molecular flexibility index (Phi) is 5.08. The lowest BCUT2D eigenvalue weighted by atomic mass is 10.1. The maximum atomic E-state index is 13.4. The van der Waals surface area contributed by atoms with Gasteiger partial charge in [-0.3, -0.25) is 4.79 Å². The molecule has 5 nitrogen and oxygen atoms in total. The maximum Gasteiger partial charge on any atom is 0.315 e. The number of nitrogens with two attached hydrogens (primary N) is 1. The minimum Gasteiger partial charge on any atom is -0.366 e. The molecule has 6 heteroatoms. The van der Waals surface area contributed by atoms with Crippen LogP contribution < -0.4 is 16.4 Å². The van der Waals surface area contributed by atoms with Crippen molar-refractivity contribution in [3.63, 3.8) is 0 Å². The molecular formula is C16H16FN3O2. The number of hydrogen-bond acceptors (Lipinski definition) is 2. The zero-order valence-electron chi connectivity index (χ0n) is 11.8. The van der Waals surface area contributed by atoms with E-state index in [-0.39, 0.29) is 18.9 Å². The number of amides is 3. The summed E-state index contributed by atoms with van der Waals surface area (Å²) < 4.78 is 13.4. The standard InChI is InChI=1S/C16H16FN3O2/c17-14-7-2-1-5-13(14)10-20-16(22)19-9-11-4-3-6-12(8-11)15(18)21/h1-8H,9-10H2,(H2,18,21)(H2,19,20,22). The molecule has 114 valence electrons. The second-order valence-electron chi connectivity index (χ2n) is 4.69. The van der Waals surface area contributed by atoms with Gasteiger partial charge in [-0.25, -0.2) is 9.18 Å². The van der Waals surface area contributed by atoms with E-state index in [1.807, 2.05) is 0 Å². The van der Waals surface area contributed by atoms with Crippen LogP contribution in [-0.2, 0) is 13.1 Å². The average Bonchev–Trinajstić information content (AvgIpc) is 2.52. The minimum atomic E-state index is -0.522. The van der Waals surface area contributed by atoms with E-state index in [1.54, 1.807) is 42.5 Å². The average molecular weight is 301 g/mol. The molecule has 0 radical (unpaired) electrons. The van der Waals surface area contributed by atoms with Gasteiger partial charge in [0, 0.05) is 24.2 Å². The number of rotatable bonds is 5. The van der Waals surface area contributed by atoms with Crippen LogP contribution in [0.25, 0.3) is 0 Å². The second kappa shape index (κ2) is 7.21. The van der Waals surface area contributed by atoms with Gasteiger partial charge in [0.1, 0.15) is 5.82 Å². The molecule has 2 aromatic rings. The van der Waals surface area contributed by atoms with Crippen molar-refractivity contribution in [1.82, 2.24) is 10.6 Å². The molecule has 0 aliphatic heterocycles. The predicted octanol–water partition coefficient (Wildman–Crippen LogP) is 1.92. The van der Waals surface area contributed by atoms with Crippen LogP contribution in [0.4, 0.5) is 9.18 Å². The van der Waals surface area contributed by atoms with E-state index in [0.717, 1.165) is 5.56 Å². The van der Waals surface area contributed by atoms with Crippen LogP contribution in [-0.4, -0.2) is 11.9 Å². The Morgan fingerprint density at radius 3 is 2.45 bits per heavy atom. The number of primary amides is 1. The van der Waals surface area contributed by atoms with Crippen LogP contribution >= 0.6 is 0 Å². The highest BCUT2D eigenvalue weighted by molar-refractivity contribution is 5.92. The minimum absolute atomic E-state index is 0.0971. The highest BCUT2D eigenvalue weighted by atomic mass is 19.1. The molecule has 2 aromatic carbocycles. The number of hydrogen-bond donors (Lipinski definition) is 3. The molecule has 0 fully saturated rings. The number of carbonyl (C=O) groups is 2. The summed E-state index contributed by atoms with van der Waals surface area (Å²) in [6.07, 6.45) is 0. The molecule has 0 saturated carbocycles. The van der Waals surface area contributed by atoms with Crippen LogP contribution in [0.2, 0.25) is 0 Å². The summed E-state index contributed by atoms with van der Waals surface area (Å²) >= 11 is 0. The smallest absolute Gasteiger partial charge is 0.315 e. The molecule has 0 heterocycles. The van der Waals surface area contributed by atoms with E-state index >= 15 is 0 Å². The number of benzene rings is 2. The quantitative estimate of drug-likeness (QED) is 0.788. The fraction of sp³-hybridized carbons (Fsp3) is 0.125. The first-order valence-electron chi connectivity index (χ1n) is 6.70. The largest absolute Gasteiger partial charge is 0.366 e. The summed E-state index contributed by atoms with van der Waals surface area (Å²) in [7, 11) is 0. The Hall–Kier alpha value is -2.89. The van der Waals surface area contributed by atoms with Gasteiger partial charge in [-0.2, -0.15) is 0 Å². The van der Waals surface area contributed by atoms with Crippen molar-refractivity contribution in [3.05, 3.63) is 71.0 Å². The van der Waals surface area contributed by atoms with Crippen molar-refractivity contribution in [2.75, 3.05) is 0 Å². The first-order valence-corrected chi connectivity index (χ1v) is 6.70. The summed E-state index contributed by atoms with van der Waals surface area (Å²) in [4.78, 5) is 22.8. The molecule has 2 rings (SSSR count). The van der Waals surface area contributed by atoms with Crippen molar-refractivity contribution in [2.24, 2.45) is 5.73 Å². The molecular weight excluding hydrogens is 285 g/mol. The van der Waals surface area contributed by atoms with Gasteiger partial charge in [0.25, 0.3) is 0 Å². The van der Waals surface area contributed by atoms with E-state index in [4.69, 9.17) is 5.73 Å². The molecule has 0 unspecified atom stereocenters. The lowest BCUT2D eigenvalue weighted by molar-refractivity contribution is 0.1000. The molecule has 0 spiro atoms. The Morgan fingerprint density at radius 1 is 1.00 bits per heavy atom. The highest BCUT2D eigenvalue weighted by Gasteiger charge is 2.05. The molecule has 0 aliphatic rings. The van der Waals surface area contributed by atoms with Crippen molar-refractivity contribution >= 4 is 11.9 Å². The van der Waals surface area contributed by atoms with Crippen LogP contribution in [0.1, 0.15) is 21.5 Å². The summed E-state index contributed by atoms with van der Waals surface area (Å²) in [5.41, 5.74) is 6.73. The predicted molar refractivity (Wildman–Crippen MR) is 80.4 cm³/mol. The number of nitrogens with one attached hydrogen (secondary N) is 2. The van der Waals surface area contributed by atoms with Gasteiger partial charge in [0.2, 0.25) is 5.91 Å². The summed E-state index contributed by atoms with van der Waals surface area (Å²) in [6, 6.07) is 12.5. The first-order chi connectivity index (χ1) is 10.6. The fourth-order valence-electron chi connectivity index (χ4n) is 1.90. The topological polar surface area (TPSA) is 84.2 Å². The molecule has 0 aromatic heterocycles. The summed E-state index contributed by atoms with van der Waals surface area (Å²) in [5, 5.41) is 5.20. The summed E-state index contributed by atoms with van der Waals surface area (Å²) in [6.45, 7) is 0.337. The van der Waals surface area contributed by atoms with Gasteiger partial charge in [-0.15, -0.1) is 0 Å². The van der Waals surface area contributed by atoms with Crippen molar-refractivity contribution in [3.8, 4) is 0 Å². The monoisotopic (exact) mass is 301 g/mol. The van der Waals surface area contributed by atoms with E-state index in [2.05, 4.69) is 10.6 Å². The van der Waals surface area contributed by atoms with E-state index < -0.39 is 11.9 Å². The normalized spacial score (nSPS) is 10.0. The van der Waals surface area contributed by atoms with Crippen LogP contribution in [0.15, 0.2) is 48.5 Å². The van der Waals surface area contributed by atoms with Crippen LogP contribution in [0.5, 0.6) is 0 Å². The van der Waals surface area contributed by atoms with Gasteiger partial charge < -0.3 is 16.4 Å². The number of halogens is 1. The van der Waals surface area contributed by atoms with Crippen molar-refractivity contribution < 1.29 is 14.0 Å². The third-order valence-electron chi connectivity index (χ3n) is 3.06. The molecule has 0 bridgehead atoms. The molecule has 0 atom stereocenters. The number of carbonyl (C=O) groups excluding carboxylic acids is 2. The maximum absolute atomic E-state index is 13.4. The lowest BCUT2D eigenvalue weighted by Crippen LogP contribution is -2.34. The van der Waals surface area contributed by atoms with Crippen LogP contribution in [0.3, 0.4) is 0 Å². The Labute approximate surface area is 127 Å². The SMILES string of the molecule is NC(=O)c1cccc(CNC(=O)NCc2ccccc2F)c1. The Bertz CT molecular complexity index is 689. The zero-order valence-corrected chi connectivity index (χ0v) is 11.8. The second-order valence-corrected chi connectivity index (χ2v) is 4.69. The van der Waals surface area contributed by atoms with E-state index in [9.17, 15) is 14.0 Å². The third-order valence-corrected chi connectivity index (χ3v) is 3.06. The molecule has 4 N–H and O–H groups in total. The van der Waals surface area contributed by atoms with Crippen molar-refractivity contribution in [1.29, 1.82) is 0 Å². The molecule has 22 heavy (non-hydrogen) atoms. The highest BCUT2D eigenvalue weighted by Crippen LogP contribution is 2.06. The van der Waals surface area contributed by atoms with Gasteiger partial charge in [0.05, 0.1) is 0 Å². The van der Waals surface area contributed by atoms with E-state index in [1.165, 1.54) is 6.07 Å². The lowest BCUT2D eigenvalue weighted by Gasteiger charge is -2.09. The van der Waals surface area contributed by atoms with Gasteiger partial charge >= 0.3 is 6.03 Å². The fourth-order valence-corrected chi connectivity index (χ4v) is 1.90. The van der Waals surface area contributed by atoms with Gasteiger partial charge in [-0.05, 0) is 23.8 Å². The zero-order chi connectivity index (χ0) is 15.9. The van der Waals surface area contributed by atoms with Crippen LogP contribution in [0, 0.1) is 5.82 Å². The molecule has 0 aliphatic carbocycles. The van der Waals surface area contributed by atoms with Gasteiger partial charge in [0.15, 0.2) is 0 Å². The van der Waals surface area contributed by atoms with Crippen molar-refractivity contribution in [2.45, 2.75) is 13.1 Å².